The molecule has 30 heavy (non-hydrogen) atoms. The molecular weight excluding hydrogens is 396 g/mol. The number of hydrogen-bond acceptors (Lipinski definition) is 5. The van der Waals surface area contributed by atoms with Gasteiger partial charge in [-0.2, -0.15) is 5.10 Å². The molecule has 0 saturated heterocycles. The van der Waals surface area contributed by atoms with Gasteiger partial charge in [-0.3, -0.25) is 9.89 Å². The summed E-state index contributed by atoms with van der Waals surface area (Å²) in [4.78, 5) is 13.8. The summed E-state index contributed by atoms with van der Waals surface area (Å²) < 4.78 is 5.26. The summed E-state index contributed by atoms with van der Waals surface area (Å²) in [5, 5.41) is 14.1. The lowest BCUT2D eigenvalue weighted by Crippen LogP contribution is -2.13. The molecule has 152 valence electrons. The van der Waals surface area contributed by atoms with Gasteiger partial charge in [0.1, 0.15) is 5.76 Å². The molecule has 2 heterocycles. The van der Waals surface area contributed by atoms with E-state index in [-0.39, 0.29) is 5.91 Å². The lowest BCUT2D eigenvalue weighted by molar-refractivity contribution is 0.102. The molecule has 0 aliphatic heterocycles. The molecule has 0 bridgehead atoms. The topological polar surface area (TPSA) is 83.8 Å². The van der Waals surface area contributed by atoms with E-state index in [4.69, 9.17) is 4.52 Å². The summed E-state index contributed by atoms with van der Waals surface area (Å²) in [5.74, 6) is 1.66. The molecular formula is C23H22N4O2S. The third kappa shape index (κ3) is 4.63. The fourth-order valence-corrected chi connectivity index (χ4v) is 4.19. The fourth-order valence-electron chi connectivity index (χ4n) is 3.26. The van der Waals surface area contributed by atoms with Crippen molar-refractivity contribution in [2.24, 2.45) is 0 Å². The Kier molecular flexibility index (Phi) is 5.72. The zero-order valence-electron chi connectivity index (χ0n) is 17.0. The van der Waals surface area contributed by atoms with Gasteiger partial charge >= 0.3 is 0 Å². The van der Waals surface area contributed by atoms with Crippen LogP contribution in [0.2, 0.25) is 0 Å². The van der Waals surface area contributed by atoms with Gasteiger partial charge in [0, 0.05) is 22.6 Å². The smallest absolute Gasteiger partial charge is 0.257 e. The number of thioether (sulfide) groups is 1. The number of aryl methyl sites for hydroxylation is 3. The van der Waals surface area contributed by atoms with Crippen molar-refractivity contribution < 1.29 is 9.32 Å². The SMILES string of the molecule is Cc1cc(C)cc(-c2cc(NC(=O)c3ccccc3SCc3cc(C)no3)n[nH]2)c1. The number of aromatic nitrogens is 3. The largest absolute Gasteiger partial charge is 0.360 e. The van der Waals surface area contributed by atoms with Crippen LogP contribution < -0.4 is 5.32 Å². The molecule has 0 aliphatic rings. The van der Waals surface area contributed by atoms with Gasteiger partial charge in [0.05, 0.1) is 22.7 Å². The number of amides is 1. The zero-order chi connectivity index (χ0) is 21.1. The van der Waals surface area contributed by atoms with Gasteiger partial charge in [0.2, 0.25) is 0 Å². The van der Waals surface area contributed by atoms with Crippen LogP contribution in [0.25, 0.3) is 11.3 Å². The molecule has 2 N–H and O–H groups in total. The second kappa shape index (κ2) is 8.59. The number of nitrogens with zero attached hydrogens (tertiary/aromatic N) is 2. The first-order valence-electron chi connectivity index (χ1n) is 9.57. The monoisotopic (exact) mass is 418 g/mol. The Morgan fingerprint density at radius 3 is 2.57 bits per heavy atom. The van der Waals surface area contributed by atoms with Crippen LogP contribution in [0.3, 0.4) is 0 Å². The molecule has 7 heteroatoms. The second-order valence-corrected chi connectivity index (χ2v) is 8.23. The van der Waals surface area contributed by atoms with E-state index in [1.807, 2.05) is 37.3 Å². The minimum atomic E-state index is -0.203. The number of anilines is 1. The molecule has 0 unspecified atom stereocenters. The highest BCUT2D eigenvalue weighted by Crippen LogP contribution is 2.28. The number of rotatable bonds is 6. The first-order chi connectivity index (χ1) is 14.5. The first-order valence-corrected chi connectivity index (χ1v) is 10.6. The third-order valence-corrected chi connectivity index (χ3v) is 5.63. The molecule has 0 fully saturated rings. The summed E-state index contributed by atoms with van der Waals surface area (Å²) in [5.41, 5.74) is 5.69. The molecule has 1 amide bonds. The van der Waals surface area contributed by atoms with Crippen LogP contribution in [0, 0.1) is 20.8 Å². The molecule has 0 radical (unpaired) electrons. The number of H-pyrrole nitrogens is 1. The van der Waals surface area contributed by atoms with Gasteiger partial charge in [-0.25, -0.2) is 0 Å². The highest BCUT2D eigenvalue weighted by Gasteiger charge is 2.14. The number of carbonyl (C=O) groups is 1. The number of carbonyl (C=O) groups excluding carboxylic acids is 1. The highest BCUT2D eigenvalue weighted by molar-refractivity contribution is 7.98. The minimum absolute atomic E-state index is 0.203. The average molecular weight is 419 g/mol. The maximum Gasteiger partial charge on any atom is 0.257 e. The van der Waals surface area contributed by atoms with E-state index in [0.717, 1.165) is 27.6 Å². The standard InChI is InChI=1S/C23H22N4O2S/c1-14-8-15(2)10-17(9-14)20-12-22(26-25-20)24-23(28)19-6-4-5-7-21(19)30-13-18-11-16(3)27-29-18/h4-12H,13H2,1-3H3,(H2,24,25,26,28). The Morgan fingerprint density at radius 1 is 1.07 bits per heavy atom. The quantitative estimate of drug-likeness (QED) is 0.402. The van der Waals surface area contributed by atoms with E-state index in [9.17, 15) is 4.79 Å². The number of nitrogens with one attached hydrogen (secondary N) is 2. The van der Waals surface area contributed by atoms with Crippen molar-refractivity contribution in [1.82, 2.24) is 15.4 Å². The molecule has 2 aromatic heterocycles. The Morgan fingerprint density at radius 2 is 1.83 bits per heavy atom. The van der Waals surface area contributed by atoms with E-state index in [1.54, 1.807) is 6.07 Å². The van der Waals surface area contributed by atoms with Crippen molar-refractivity contribution in [3.63, 3.8) is 0 Å². The number of aromatic amines is 1. The van der Waals surface area contributed by atoms with E-state index >= 15 is 0 Å². The lowest BCUT2D eigenvalue weighted by atomic mass is 10.1. The highest BCUT2D eigenvalue weighted by atomic mass is 32.2. The lowest BCUT2D eigenvalue weighted by Gasteiger charge is -2.07. The summed E-state index contributed by atoms with van der Waals surface area (Å²) in [6, 6.07) is 17.5. The summed E-state index contributed by atoms with van der Waals surface area (Å²) in [6.45, 7) is 6.00. The molecule has 0 spiro atoms. The zero-order valence-corrected chi connectivity index (χ0v) is 17.8. The van der Waals surface area contributed by atoms with Crippen molar-refractivity contribution in [2.45, 2.75) is 31.4 Å². The Labute approximate surface area is 179 Å². The first kappa shape index (κ1) is 20.0. The molecule has 0 atom stereocenters. The van der Waals surface area contributed by atoms with Crippen molar-refractivity contribution in [3.05, 3.63) is 82.7 Å². The summed E-state index contributed by atoms with van der Waals surface area (Å²) in [6.07, 6.45) is 0. The maximum absolute atomic E-state index is 12.9. The van der Waals surface area contributed by atoms with Gasteiger partial charge in [0.15, 0.2) is 5.82 Å². The van der Waals surface area contributed by atoms with Crippen LogP contribution >= 0.6 is 11.8 Å². The van der Waals surface area contributed by atoms with Crippen LogP contribution in [0.4, 0.5) is 5.82 Å². The molecule has 4 rings (SSSR count). The van der Waals surface area contributed by atoms with Crippen LogP contribution in [-0.4, -0.2) is 21.3 Å². The molecule has 0 saturated carbocycles. The Hall–Kier alpha value is -3.32. The van der Waals surface area contributed by atoms with Crippen LogP contribution in [0.15, 0.2) is 64.0 Å². The molecule has 6 nitrogen and oxygen atoms in total. The van der Waals surface area contributed by atoms with E-state index in [1.165, 1.54) is 22.9 Å². The van der Waals surface area contributed by atoms with Crippen molar-refractivity contribution in [2.75, 3.05) is 5.32 Å². The predicted octanol–water partition coefficient (Wildman–Crippen LogP) is 5.53. The van der Waals surface area contributed by atoms with Crippen molar-refractivity contribution in [1.29, 1.82) is 0 Å². The van der Waals surface area contributed by atoms with Crippen molar-refractivity contribution in [3.8, 4) is 11.3 Å². The molecule has 0 aliphatic carbocycles. The van der Waals surface area contributed by atoms with E-state index < -0.39 is 0 Å². The van der Waals surface area contributed by atoms with Crippen LogP contribution in [-0.2, 0) is 5.75 Å². The normalized spacial score (nSPS) is 10.9. The molecule has 4 aromatic rings. The Balaban J connectivity index is 1.48. The predicted molar refractivity (Wildman–Crippen MR) is 119 cm³/mol. The van der Waals surface area contributed by atoms with Crippen LogP contribution in [0.1, 0.15) is 32.9 Å². The van der Waals surface area contributed by atoms with Crippen molar-refractivity contribution >= 4 is 23.5 Å². The summed E-state index contributed by atoms with van der Waals surface area (Å²) >= 11 is 1.53. The van der Waals surface area contributed by atoms with E-state index in [2.05, 4.69) is 52.7 Å². The number of hydrogen-bond donors (Lipinski definition) is 2. The number of benzene rings is 2. The third-order valence-electron chi connectivity index (χ3n) is 4.53. The average Bonchev–Trinajstić information content (AvgIpc) is 3.35. The molecule has 2 aromatic carbocycles. The Bertz CT molecular complexity index is 1180. The van der Waals surface area contributed by atoms with Gasteiger partial charge in [-0.15, -0.1) is 11.8 Å². The van der Waals surface area contributed by atoms with E-state index in [0.29, 0.717) is 17.1 Å². The van der Waals surface area contributed by atoms with Gasteiger partial charge in [-0.05, 0) is 45.0 Å². The van der Waals surface area contributed by atoms with Gasteiger partial charge in [-0.1, -0.05) is 34.5 Å². The second-order valence-electron chi connectivity index (χ2n) is 7.22. The minimum Gasteiger partial charge on any atom is -0.360 e. The fraction of sp³-hybridized carbons (Fsp3) is 0.174. The van der Waals surface area contributed by atoms with Gasteiger partial charge in [0.25, 0.3) is 5.91 Å². The van der Waals surface area contributed by atoms with Crippen LogP contribution in [0.5, 0.6) is 0 Å². The maximum atomic E-state index is 12.9. The summed E-state index contributed by atoms with van der Waals surface area (Å²) in [7, 11) is 0. The van der Waals surface area contributed by atoms with Gasteiger partial charge < -0.3 is 9.84 Å².